The van der Waals surface area contributed by atoms with Gasteiger partial charge in [-0.25, -0.2) is 4.98 Å². The second-order valence-electron chi connectivity index (χ2n) is 4.79. The second-order valence-corrected chi connectivity index (χ2v) is 5.20. The van der Waals surface area contributed by atoms with Crippen molar-refractivity contribution in [1.29, 1.82) is 0 Å². The summed E-state index contributed by atoms with van der Waals surface area (Å²) >= 11 is 6.24. The van der Waals surface area contributed by atoms with Crippen molar-refractivity contribution in [3.8, 4) is 0 Å². The number of anilines is 1. The molecule has 1 N–H and O–H groups in total. The molecule has 0 saturated carbocycles. The summed E-state index contributed by atoms with van der Waals surface area (Å²) in [6.07, 6.45) is 2.16. The van der Waals surface area contributed by atoms with Gasteiger partial charge in [0.25, 0.3) is 0 Å². The minimum atomic E-state index is 0.743. The van der Waals surface area contributed by atoms with Gasteiger partial charge >= 0.3 is 0 Å². The van der Waals surface area contributed by atoms with E-state index in [-0.39, 0.29) is 0 Å². The largest absolute Gasteiger partial charge is 0.380 e. The molecule has 19 heavy (non-hydrogen) atoms. The lowest BCUT2D eigenvalue weighted by Gasteiger charge is -2.19. The zero-order valence-electron chi connectivity index (χ0n) is 11.5. The Hall–Kier alpha value is -0.840. The zero-order valence-corrected chi connectivity index (χ0v) is 12.2. The van der Waals surface area contributed by atoms with Crippen molar-refractivity contribution in [1.82, 2.24) is 9.88 Å². The van der Waals surface area contributed by atoms with E-state index in [1.165, 1.54) is 0 Å². The Morgan fingerprint density at radius 1 is 1.37 bits per heavy atom. The predicted molar refractivity (Wildman–Crippen MR) is 78.7 cm³/mol. The molecule has 2 rings (SSSR count). The molecule has 1 aliphatic heterocycles. The van der Waals surface area contributed by atoms with E-state index in [0.29, 0.717) is 0 Å². The molecule has 1 aliphatic rings. The van der Waals surface area contributed by atoms with E-state index in [1.54, 1.807) is 0 Å². The molecule has 0 aliphatic carbocycles. The van der Waals surface area contributed by atoms with E-state index in [4.69, 9.17) is 16.3 Å². The number of halogens is 1. The van der Waals surface area contributed by atoms with E-state index in [0.717, 1.165) is 68.8 Å². The molecular weight excluding hydrogens is 262 g/mol. The van der Waals surface area contributed by atoms with Crippen molar-refractivity contribution in [3.63, 3.8) is 0 Å². The van der Waals surface area contributed by atoms with Crippen molar-refractivity contribution in [3.05, 3.63) is 22.8 Å². The Morgan fingerprint density at radius 2 is 2.26 bits per heavy atom. The lowest BCUT2D eigenvalue weighted by atomic mass is 10.3. The monoisotopic (exact) mass is 283 g/mol. The van der Waals surface area contributed by atoms with Crippen LogP contribution in [0.1, 0.15) is 25.5 Å². The van der Waals surface area contributed by atoms with E-state index >= 15 is 0 Å². The molecule has 0 atom stereocenters. The number of rotatable bonds is 5. The molecule has 1 saturated heterocycles. The summed E-state index contributed by atoms with van der Waals surface area (Å²) in [6, 6.07) is 3.86. The first kappa shape index (κ1) is 14.6. The van der Waals surface area contributed by atoms with Crippen molar-refractivity contribution < 1.29 is 4.74 Å². The summed E-state index contributed by atoms with van der Waals surface area (Å²) in [6.45, 7) is 7.52. The van der Waals surface area contributed by atoms with E-state index < -0.39 is 0 Å². The lowest BCUT2D eigenvalue weighted by Crippen LogP contribution is -2.26. The predicted octanol–water partition coefficient (Wildman–Crippen LogP) is 2.78. The number of nitrogens with one attached hydrogen (secondary N) is 1. The Bertz CT molecular complexity index is 392. The fourth-order valence-corrected chi connectivity index (χ4v) is 2.28. The molecule has 1 aromatic rings. The fourth-order valence-electron chi connectivity index (χ4n) is 2.11. The smallest absolute Gasteiger partial charge is 0.126 e. The van der Waals surface area contributed by atoms with Crippen LogP contribution in [-0.4, -0.2) is 42.7 Å². The van der Waals surface area contributed by atoms with Crippen molar-refractivity contribution in [2.45, 2.75) is 26.3 Å². The molecule has 1 fully saturated rings. The van der Waals surface area contributed by atoms with Crippen LogP contribution in [0.15, 0.2) is 12.1 Å². The standard InChI is InChI=1S/C14H22ClN3O/c1-2-6-16-14-5-4-12(15)13(17-14)11-18-7-3-9-19-10-8-18/h4-5H,2-3,6-11H2,1H3,(H,16,17). The number of aromatic nitrogens is 1. The van der Waals surface area contributed by atoms with Gasteiger partial charge in [0.1, 0.15) is 5.82 Å². The summed E-state index contributed by atoms with van der Waals surface area (Å²) in [5, 5.41) is 4.04. The normalized spacial score (nSPS) is 17.2. The molecule has 0 spiro atoms. The van der Waals surface area contributed by atoms with Crippen LogP contribution in [0.3, 0.4) is 0 Å². The van der Waals surface area contributed by atoms with Crippen LogP contribution in [0.5, 0.6) is 0 Å². The van der Waals surface area contributed by atoms with E-state index in [2.05, 4.69) is 22.1 Å². The van der Waals surface area contributed by atoms with E-state index in [1.807, 2.05) is 12.1 Å². The van der Waals surface area contributed by atoms with Crippen LogP contribution in [-0.2, 0) is 11.3 Å². The maximum absolute atomic E-state index is 6.24. The summed E-state index contributed by atoms with van der Waals surface area (Å²) < 4.78 is 5.46. The Balaban J connectivity index is 2.00. The third kappa shape index (κ3) is 4.64. The maximum Gasteiger partial charge on any atom is 0.126 e. The fraction of sp³-hybridized carbons (Fsp3) is 0.643. The highest BCUT2D eigenvalue weighted by Crippen LogP contribution is 2.19. The molecular formula is C14H22ClN3O. The molecule has 0 amide bonds. The minimum absolute atomic E-state index is 0.743. The highest BCUT2D eigenvalue weighted by atomic mass is 35.5. The van der Waals surface area contributed by atoms with Crippen LogP contribution in [0.25, 0.3) is 0 Å². The summed E-state index contributed by atoms with van der Waals surface area (Å²) in [5.41, 5.74) is 0.949. The number of pyridine rings is 1. The van der Waals surface area contributed by atoms with Crippen molar-refractivity contribution >= 4 is 17.4 Å². The van der Waals surface area contributed by atoms with Gasteiger partial charge in [-0.3, -0.25) is 4.90 Å². The van der Waals surface area contributed by atoms with Crippen LogP contribution in [0.4, 0.5) is 5.82 Å². The van der Waals surface area contributed by atoms with Gasteiger partial charge in [0, 0.05) is 32.8 Å². The zero-order chi connectivity index (χ0) is 13.5. The van der Waals surface area contributed by atoms with Gasteiger partial charge in [-0.15, -0.1) is 0 Å². The van der Waals surface area contributed by atoms with Crippen LogP contribution < -0.4 is 5.32 Å². The number of hydrogen-bond acceptors (Lipinski definition) is 4. The Labute approximate surface area is 120 Å². The second kappa shape index (κ2) is 7.68. The van der Waals surface area contributed by atoms with Gasteiger partial charge in [0.15, 0.2) is 0 Å². The first-order valence-corrected chi connectivity index (χ1v) is 7.37. The van der Waals surface area contributed by atoms with Gasteiger partial charge in [0.05, 0.1) is 17.3 Å². The Morgan fingerprint density at radius 3 is 3.11 bits per heavy atom. The molecule has 106 valence electrons. The van der Waals surface area contributed by atoms with Crippen LogP contribution >= 0.6 is 11.6 Å². The molecule has 5 heteroatoms. The minimum Gasteiger partial charge on any atom is -0.380 e. The SMILES string of the molecule is CCCNc1ccc(Cl)c(CN2CCCOCC2)n1. The molecule has 0 radical (unpaired) electrons. The van der Waals surface area contributed by atoms with E-state index in [9.17, 15) is 0 Å². The summed E-state index contributed by atoms with van der Waals surface area (Å²) in [7, 11) is 0. The summed E-state index contributed by atoms with van der Waals surface area (Å²) in [4.78, 5) is 6.96. The average molecular weight is 284 g/mol. The topological polar surface area (TPSA) is 37.4 Å². The number of nitrogens with zero attached hydrogens (tertiary/aromatic N) is 2. The van der Waals surface area contributed by atoms with Crippen molar-refractivity contribution in [2.75, 3.05) is 38.2 Å². The summed E-state index contributed by atoms with van der Waals surface area (Å²) in [5.74, 6) is 0.910. The van der Waals surface area contributed by atoms with Gasteiger partial charge in [-0.05, 0) is 25.0 Å². The molecule has 0 bridgehead atoms. The van der Waals surface area contributed by atoms with Gasteiger partial charge < -0.3 is 10.1 Å². The highest BCUT2D eigenvalue weighted by molar-refractivity contribution is 6.31. The quantitative estimate of drug-likeness (QED) is 0.902. The molecule has 0 unspecified atom stereocenters. The third-order valence-electron chi connectivity index (χ3n) is 3.16. The first-order valence-electron chi connectivity index (χ1n) is 6.99. The third-order valence-corrected chi connectivity index (χ3v) is 3.51. The van der Waals surface area contributed by atoms with Gasteiger partial charge in [-0.2, -0.15) is 0 Å². The first-order chi connectivity index (χ1) is 9.29. The molecule has 4 nitrogen and oxygen atoms in total. The number of ether oxygens (including phenoxy) is 1. The average Bonchev–Trinajstić information content (AvgIpc) is 2.68. The van der Waals surface area contributed by atoms with Crippen LogP contribution in [0.2, 0.25) is 5.02 Å². The van der Waals surface area contributed by atoms with Gasteiger partial charge in [-0.1, -0.05) is 18.5 Å². The Kier molecular flexibility index (Phi) is 5.89. The van der Waals surface area contributed by atoms with Crippen LogP contribution in [0, 0.1) is 0 Å². The molecule has 2 heterocycles. The van der Waals surface area contributed by atoms with Crippen molar-refractivity contribution in [2.24, 2.45) is 0 Å². The molecule has 0 aromatic carbocycles. The highest BCUT2D eigenvalue weighted by Gasteiger charge is 2.12. The maximum atomic E-state index is 6.24. The number of hydrogen-bond donors (Lipinski definition) is 1. The molecule has 1 aromatic heterocycles. The van der Waals surface area contributed by atoms with Gasteiger partial charge in [0.2, 0.25) is 0 Å². The lowest BCUT2D eigenvalue weighted by molar-refractivity contribution is 0.140.